The highest BCUT2D eigenvalue weighted by molar-refractivity contribution is 9.10. The molecule has 0 aliphatic carbocycles. The Hall–Kier alpha value is -0.670. The lowest BCUT2D eigenvalue weighted by atomic mass is 10.2. The minimum absolute atomic E-state index is 0.559. The van der Waals surface area contributed by atoms with E-state index in [1.165, 1.54) is 0 Å². The van der Waals surface area contributed by atoms with Crippen molar-refractivity contribution in [2.24, 2.45) is 0 Å². The molecule has 1 aromatic rings. The Morgan fingerprint density at radius 3 is 2.93 bits per heavy atom. The summed E-state index contributed by atoms with van der Waals surface area (Å²) in [6.45, 7) is 4.54. The van der Waals surface area contributed by atoms with Crippen LogP contribution in [0.4, 0.5) is 11.4 Å². The third kappa shape index (κ3) is 3.43. The summed E-state index contributed by atoms with van der Waals surface area (Å²) in [6, 6.07) is 3.80. The van der Waals surface area contributed by atoms with Crippen LogP contribution in [0.1, 0.15) is 12.8 Å². The van der Waals surface area contributed by atoms with Gasteiger partial charge < -0.3 is 11.1 Å². The van der Waals surface area contributed by atoms with Crippen LogP contribution in [0.25, 0.3) is 0 Å². The van der Waals surface area contributed by atoms with E-state index in [0.29, 0.717) is 10.7 Å². The van der Waals surface area contributed by atoms with Crippen LogP contribution in [0.5, 0.6) is 0 Å². The van der Waals surface area contributed by atoms with Gasteiger partial charge in [-0.2, -0.15) is 0 Å². The second-order valence-corrected chi connectivity index (χ2v) is 4.41. The second kappa shape index (κ2) is 6.03. The van der Waals surface area contributed by atoms with Crippen LogP contribution in [-0.4, -0.2) is 6.54 Å². The minimum Gasteiger partial charge on any atom is -0.396 e. The molecule has 0 amide bonds. The summed E-state index contributed by atoms with van der Waals surface area (Å²) in [4.78, 5) is 0. The Labute approximate surface area is 104 Å². The van der Waals surface area contributed by atoms with Crippen molar-refractivity contribution in [1.29, 1.82) is 0 Å². The van der Waals surface area contributed by atoms with Gasteiger partial charge in [-0.05, 0) is 40.9 Å². The number of nitrogen functional groups attached to an aromatic ring is 1. The molecule has 0 atom stereocenters. The van der Waals surface area contributed by atoms with E-state index in [-0.39, 0.29) is 0 Å². The van der Waals surface area contributed by atoms with Crippen molar-refractivity contribution in [3.63, 3.8) is 0 Å². The monoisotopic (exact) mass is 288 g/mol. The molecule has 4 heteroatoms. The van der Waals surface area contributed by atoms with Gasteiger partial charge in [-0.3, -0.25) is 0 Å². The standard InChI is InChI=1S/C11H14BrClN2/c1-2-3-4-7-15-9-6-5-8(12)10(13)11(9)14/h2,5-6,15H,1,3-4,7,14H2. The van der Waals surface area contributed by atoms with Crippen LogP contribution >= 0.6 is 27.5 Å². The zero-order valence-electron chi connectivity index (χ0n) is 8.39. The summed E-state index contributed by atoms with van der Waals surface area (Å²) < 4.78 is 0.818. The van der Waals surface area contributed by atoms with Crippen LogP contribution in [0, 0.1) is 0 Å². The molecule has 0 fully saturated rings. The normalized spacial score (nSPS) is 10.0. The highest BCUT2D eigenvalue weighted by Gasteiger charge is 2.06. The SMILES string of the molecule is C=CCCCNc1ccc(Br)c(Cl)c1N. The first-order chi connectivity index (χ1) is 7.16. The van der Waals surface area contributed by atoms with E-state index < -0.39 is 0 Å². The average Bonchev–Trinajstić information content (AvgIpc) is 2.24. The van der Waals surface area contributed by atoms with Gasteiger partial charge in [-0.1, -0.05) is 17.7 Å². The van der Waals surface area contributed by atoms with Gasteiger partial charge in [0.15, 0.2) is 0 Å². The molecular weight excluding hydrogens is 275 g/mol. The second-order valence-electron chi connectivity index (χ2n) is 3.18. The molecule has 0 spiro atoms. The molecule has 82 valence electrons. The molecule has 3 N–H and O–H groups in total. The number of hydrogen-bond acceptors (Lipinski definition) is 2. The molecule has 1 rings (SSSR count). The molecule has 1 aromatic carbocycles. The van der Waals surface area contributed by atoms with Crippen molar-refractivity contribution in [2.75, 3.05) is 17.6 Å². The Kier molecular flexibility index (Phi) is 4.99. The lowest BCUT2D eigenvalue weighted by molar-refractivity contribution is 0.891. The summed E-state index contributed by atoms with van der Waals surface area (Å²) in [6.07, 6.45) is 3.94. The van der Waals surface area contributed by atoms with Crippen LogP contribution in [0.3, 0.4) is 0 Å². The number of hydrogen-bond donors (Lipinski definition) is 2. The van der Waals surface area contributed by atoms with Crippen LogP contribution in [-0.2, 0) is 0 Å². The first kappa shape index (κ1) is 12.4. The van der Waals surface area contributed by atoms with Crippen molar-refractivity contribution in [3.8, 4) is 0 Å². The Morgan fingerprint density at radius 1 is 1.53 bits per heavy atom. The van der Waals surface area contributed by atoms with Gasteiger partial charge in [0.2, 0.25) is 0 Å². The lowest BCUT2D eigenvalue weighted by Gasteiger charge is -2.10. The van der Waals surface area contributed by atoms with E-state index in [2.05, 4.69) is 27.8 Å². The molecule has 0 aromatic heterocycles. The van der Waals surface area contributed by atoms with Gasteiger partial charge in [0, 0.05) is 11.0 Å². The predicted molar refractivity (Wildman–Crippen MR) is 71.5 cm³/mol. The van der Waals surface area contributed by atoms with E-state index in [4.69, 9.17) is 17.3 Å². The molecular formula is C11H14BrClN2. The fraction of sp³-hybridized carbons (Fsp3) is 0.273. The van der Waals surface area contributed by atoms with Crippen molar-refractivity contribution in [2.45, 2.75) is 12.8 Å². The van der Waals surface area contributed by atoms with Crippen molar-refractivity contribution in [1.82, 2.24) is 0 Å². The molecule has 0 aliphatic heterocycles. The average molecular weight is 290 g/mol. The molecule has 0 heterocycles. The smallest absolute Gasteiger partial charge is 0.0798 e. The molecule has 0 radical (unpaired) electrons. The minimum atomic E-state index is 0.559. The molecule has 2 nitrogen and oxygen atoms in total. The van der Waals surface area contributed by atoms with Crippen molar-refractivity contribution >= 4 is 38.9 Å². The van der Waals surface area contributed by atoms with E-state index in [1.807, 2.05) is 18.2 Å². The summed E-state index contributed by atoms with van der Waals surface area (Å²) >= 11 is 9.32. The fourth-order valence-electron chi connectivity index (χ4n) is 1.19. The van der Waals surface area contributed by atoms with Crippen molar-refractivity contribution < 1.29 is 0 Å². The number of unbranched alkanes of at least 4 members (excludes halogenated alkanes) is 1. The Balaban J connectivity index is 2.62. The lowest BCUT2D eigenvalue weighted by Crippen LogP contribution is -2.04. The maximum absolute atomic E-state index is 5.99. The molecule has 0 unspecified atom stereocenters. The first-order valence-electron chi connectivity index (χ1n) is 4.75. The van der Waals surface area contributed by atoms with Crippen molar-refractivity contribution in [3.05, 3.63) is 34.3 Å². The third-order valence-corrected chi connectivity index (χ3v) is 3.33. The number of allylic oxidation sites excluding steroid dienone is 1. The highest BCUT2D eigenvalue weighted by Crippen LogP contribution is 2.33. The molecule has 0 bridgehead atoms. The van der Waals surface area contributed by atoms with E-state index in [9.17, 15) is 0 Å². The number of halogens is 2. The zero-order valence-corrected chi connectivity index (χ0v) is 10.7. The van der Waals surface area contributed by atoms with Crippen LogP contribution in [0.15, 0.2) is 29.3 Å². The summed E-state index contributed by atoms with van der Waals surface area (Å²) in [5.41, 5.74) is 7.32. The van der Waals surface area contributed by atoms with Gasteiger partial charge in [0.25, 0.3) is 0 Å². The van der Waals surface area contributed by atoms with Gasteiger partial charge in [-0.15, -0.1) is 6.58 Å². The Morgan fingerprint density at radius 2 is 2.27 bits per heavy atom. The maximum Gasteiger partial charge on any atom is 0.0798 e. The van der Waals surface area contributed by atoms with E-state index in [0.717, 1.165) is 29.5 Å². The van der Waals surface area contributed by atoms with Gasteiger partial charge >= 0.3 is 0 Å². The fourth-order valence-corrected chi connectivity index (χ4v) is 1.70. The summed E-state index contributed by atoms with van der Waals surface area (Å²) in [5.74, 6) is 0. The number of nitrogens with two attached hydrogens (primary N) is 1. The van der Waals surface area contributed by atoms with Gasteiger partial charge in [0.05, 0.1) is 16.4 Å². The van der Waals surface area contributed by atoms with Gasteiger partial charge in [0.1, 0.15) is 0 Å². The molecule has 0 saturated carbocycles. The molecule has 0 saturated heterocycles. The topological polar surface area (TPSA) is 38.0 Å². The van der Waals surface area contributed by atoms with E-state index in [1.54, 1.807) is 0 Å². The number of benzene rings is 1. The molecule has 0 aliphatic rings. The summed E-state index contributed by atoms with van der Waals surface area (Å²) in [7, 11) is 0. The summed E-state index contributed by atoms with van der Waals surface area (Å²) in [5, 5.41) is 3.80. The quantitative estimate of drug-likeness (QED) is 0.487. The molecule has 15 heavy (non-hydrogen) atoms. The third-order valence-electron chi connectivity index (χ3n) is 2.03. The zero-order chi connectivity index (χ0) is 11.3. The van der Waals surface area contributed by atoms with Crippen LogP contribution in [0.2, 0.25) is 5.02 Å². The highest BCUT2D eigenvalue weighted by atomic mass is 79.9. The first-order valence-corrected chi connectivity index (χ1v) is 5.92. The number of rotatable bonds is 5. The maximum atomic E-state index is 5.99. The van der Waals surface area contributed by atoms with Crippen LogP contribution < -0.4 is 11.1 Å². The predicted octanol–water partition coefficient (Wildman–Crippen LogP) is 4.06. The number of anilines is 2. The largest absolute Gasteiger partial charge is 0.396 e. The van der Waals surface area contributed by atoms with Gasteiger partial charge in [-0.25, -0.2) is 0 Å². The Bertz CT molecular complexity index is 353. The van der Waals surface area contributed by atoms with E-state index >= 15 is 0 Å². The number of nitrogens with one attached hydrogen (secondary N) is 1.